The van der Waals surface area contributed by atoms with Crippen molar-refractivity contribution in [3.8, 4) is 33.6 Å². The summed E-state index contributed by atoms with van der Waals surface area (Å²) >= 11 is 0. The molecule has 3 nitrogen and oxygen atoms in total. The van der Waals surface area contributed by atoms with Gasteiger partial charge in [-0.2, -0.15) is 0 Å². The Balaban J connectivity index is 1.02. The molecule has 0 N–H and O–H groups in total. The van der Waals surface area contributed by atoms with Gasteiger partial charge in [-0.1, -0.05) is 127 Å². The molecule has 8 aromatic carbocycles. The molecule has 0 fully saturated rings. The molecule has 3 aromatic heterocycles. The Morgan fingerprint density at radius 1 is 0.314 bits per heavy atom. The SMILES string of the molecule is c1ccc(-n2c3ccccc3c3cc4c(cc32)c2ccccc2n4-c2ccc(-c3ccc(-c4cccc5c4oc4ccccc45)cc3)cc2)cc1. The lowest BCUT2D eigenvalue weighted by Gasteiger charge is -2.11. The monoisotopic (exact) mass is 650 g/mol. The molecule has 0 amide bonds. The van der Waals surface area contributed by atoms with E-state index in [0.717, 1.165) is 38.8 Å². The van der Waals surface area contributed by atoms with Crippen molar-refractivity contribution in [1.82, 2.24) is 9.13 Å². The maximum atomic E-state index is 6.33. The van der Waals surface area contributed by atoms with Crippen molar-refractivity contribution >= 4 is 65.6 Å². The van der Waals surface area contributed by atoms with Crippen LogP contribution in [0.15, 0.2) is 186 Å². The van der Waals surface area contributed by atoms with E-state index in [1.807, 2.05) is 12.1 Å². The van der Waals surface area contributed by atoms with Crippen LogP contribution in [0.1, 0.15) is 0 Å². The molecule has 11 rings (SSSR count). The molecule has 0 spiro atoms. The molecule has 3 heterocycles. The Morgan fingerprint density at radius 3 is 1.45 bits per heavy atom. The van der Waals surface area contributed by atoms with Crippen molar-refractivity contribution in [2.24, 2.45) is 0 Å². The van der Waals surface area contributed by atoms with Crippen LogP contribution in [-0.4, -0.2) is 9.13 Å². The van der Waals surface area contributed by atoms with Gasteiger partial charge in [-0.25, -0.2) is 0 Å². The number of fused-ring (bicyclic) bond motifs is 9. The molecular weight excluding hydrogens is 621 g/mol. The van der Waals surface area contributed by atoms with Crippen LogP contribution in [0.4, 0.5) is 0 Å². The summed E-state index contributed by atoms with van der Waals surface area (Å²) in [5, 5.41) is 7.30. The molecule has 11 aromatic rings. The molecular formula is C48H30N2O. The zero-order valence-electron chi connectivity index (χ0n) is 27.6. The number of benzene rings is 8. The second kappa shape index (κ2) is 10.8. The lowest BCUT2D eigenvalue weighted by molar-refractivity contribution is 0.670. The third kappa shape index (κ3) is 4.19. The number of aromatic nitrogens is 2. The highest BCUT2D eigenvalue weighted by atomic mass is 16.3. The van der Waals surface area contributed by atoms with Crippen LogP contribution in [0.25, 0.3) is 99.2 Å². The van der Waals surface area contributed by atoms with E-state index >= 15 is 0 Å². The van der Waals surface area contributed by atoms with Crippen molar-refractivity contribution in [2.75, 3.05) is 0 Å². The van der Waals surface area contributed by atoms with E-state index in [9.17, 15) is 0 Å². The van der Waals surface area contributed by atoms with Crippen LogP contribution in [0, 0.1) is 0 Å². The minimum atomic E-state index is 0.920. The van der Waals surface area contributed by atoms with Crippen molar-refractivity contribution in [2.45, 2.75) is 0 Å². The van der Waals surface area contributed by atoms with Gasteiger partial charge in [-0.15, -0.1) is 0 Å². The topological polar surface area (TPSA) is 23.0 Å². The Hall–Kier alpha value is -6.84. The number of furan rings is 1. The molecule has 3 heteroatoms. The number of para-hydroxylation sites is 5. The molecule has 0 atom stereocenters. The van der Waals surface area contributed by atoms with Crippen LogP contribution in [0.5, 0.6) is 0 Å². The third-order valence-corrected chi connectivity index (χ3v) is 10.5. The highest BCUT2D eigenvalue weighted by molar-refractivity contribution is 6.19. The molecule has 238 valence electrons. The van der Waals surface area contributed by atoms with Crippen molar-refractivity contribution < 1.29 is 4.42 Å². The quantitative estimate of drug-likeness (QED) is 0.186. The van der Waals surface area contributed by atoms with Gasteiger partial charge in [-0.05, 0) is 71.3 Å². The van der Waals surface area contributed by atoms with Crippen LogP contribution in [0.3, 0.4) is 0 Å². The standard InChI is InChI=1S/C48H30N2O/c1-2-11-34(12-3-1)49-43-18-7-4-13-37(43)41-30-46-42(29-45(41)49)38-14-5-8-19-44(38)50(46)35-27-25-32(26-28-35)31-21-23-33(24-22-31)36-16-10-17-40-39-15-6-9-20-47(39)51-48(36)40/h1-30H. The fraction of sp³-hybridized carbons (Fsp3) is 0. The number of nitrogens with zero attached hydrogens (tertiary/aromatic N) is 2. The molecule has 0 aliphatic heterocycles. The summed E-state index contributed by atoms with van der Waals surface area (Å²) in [5.74, 6) is 0. The fourth-order valence-corrected chi connectivity index (χ4v) is 8.18. The van der Waals surface area contributed by atoms with Gasteiger partial charge in [-0.3, -0.25) is 0 Å². The maximum absolute atomic E-state index is 6.33. The van der Waals surface area contributed by atoms with Gasteiger partial charge in [0.15, 0.2) is 0 Å². The van der Waals surface area contributed by atoms with E-state index < -0.39 is 0 Å². The van der Waals surface area contributed by atoms with Crippen LogP contribution >= 0.6 is 0 Å². The van der Waals surface area contributed by atoms with Gasteiger partial charge in [0.05, 0.1) is 22.1 Å². The van der Waals surface area contributed by atoms with Crippen molar-refractivity contribution in [1.29, 1.82) is 0 Å². The summed E-state index contributed by atoms with van der Waals surface area (Å²) in [5.41, 5.74) is 13.6. The molecule has 0 radical (unpaired) electrons. The van der Waals surface area contributed by atoms with Gasteiger partial charge in [0, 0.05) is 49.3 Å². The van der Waals surface area contributed by atoms with E-state index in [2.05, 4.69) is 179 Å². The highest BCUT2D eigenvalue weighted by Gasteiger charge is 2.18. The van der Waals surface area contributed by atoms with Crippen LogP contribution in [-0.2, 0) is 0 Å². The summed E-state index contributed by atoms with van der Waals surface area (Å²) in [6, 6.07) is 65.4. The minimum absolute atomic E-state index is 0.920. The molecule has 0 aliphatic carbocycles. The Labute approximate surface area is 293 Å². The zero-order chi connectivity index (χ0) is 33.5. The molecule has 0 unspecified atom stereocenters. The normalized spacial score (nSPS) is 11.9. The maximum Gasteiger partial charge on any atom is 0.143 e. The van der Waals surface area contributed by atoms with E-state index in [-0.39, 0.29) is 0 Å². The summed E-state index contributed by atoms with van der Waals surface area (Å²) in [7, 11) is 0. The first-order valence-electron chi connectivity index (χ1n) is 17.4. The molecule has 0 saturated heterocycles. The Kier molecular flexibility index (Phi) is 5.96. The summed E-state index contributed by atoms with van der Waals surface area (Å²) in [4.78, 5) is 0. The smallest absolute Gasteiger partial charge is 0.143 e. The summed E-state index contributed by atoms with van der Waals surface area (Å²) in [6.07, 6.45) is 0. The summed E-state index contributed by atoms with van der Waals surface area (Å²) < 4.78 is 11.1. The van der Waals surface area contributed by atoms with Crippen LogP contribution < -0.4 is 0 Å². The average Bonchev–Trinajstić information content (AvgIpc) is 3.85. The Bertz CT molecular complexity index is 3100. The van der Waals surface area contributed by atoms with E-state index in [0.29, 0.717) is 0 Å². The van der Waals surface area contributed by atoms with Gasteiger partial charge < -0.3 is 13.6 Å². The lowest BCUT2D eigenvalue weighted by atomic mass is 9.98. The van der Waals surface area contributed by atoms with Crippen molar-refractivity contribution in [3.63, 3.8) is 0 Å². The van der Waals surface area contributed by atoms with Gasteiger partial charge >= 0.3 is 0 Å². The van der Waals surface area contributed by atoms with Gasteiger partial charge in [0.1, 0.15) is 11.2 Å². The molecule has 0 saturated carbocycles. The van der Waals surface area contributed by atoms with Crippen molar-refractivity contribution in [3.05, 3.63) is 182 Å². The van der Waals surface area contributed by atoms with Crippen LogP contribution in [0.2, 0.25) is 0 Å². The average molecular weight is 651 g/mol. The van der Waals surface area contributed by atoms with E-state index in [1.54, 1.807) is 0 Å². The second-order valence-electron chi connectivity index (χ2n) is 13.3. The predicted octanol–water partition coefficient (Wildman–Crippen LogP) is 13.1. The molecule has 0 bridgehead atoms. The first kappa shape index (κ1) is 28.0. The first-order chi connectivity index (χ1) is 25.3. The molecule has 51 heavy (non-hydrogen) atoms. The summed E-state index contributed by atoms with van der Waals surface area (Å²) in [6.45, 7) is 0. The number of hydrogen-bond donors (Lipinski definition) is 0. The number of hydrogen-bond acceptors (Lipinski definition) is 1. The Morgan fingerprint density at radius 2 is 0.804 bits per heavy atom. The first-order valence-corrected chi connectivity index (χ1v) is 17.4. The van der Waals surface area contributed by atoms with E-state index in [4.69, 9.17) is 4.42 Å². The third-order valence-electron chi connectivity index (χ3n) is 10.5. The second-order valence-corrected chi connectivity index (χ2v) is 13.3. The van der Waals surface area contributed by atoms with E-state index in [1.165, 1.54) is 60.4 Å². The lowest BCUT2D eigenvalue weighted by Crippen LogP contribution is -1.94. The minimum Gasteiger partial charge on any atom is -0.455 e. The zero-order valence-corrected chi connectivity index (χ0v) is 27.6. The van der Waals surface area contributed by atoms with Gasteiger partial charge in [0.2, 0.25) is 0 Å². The number of rotatable bonds is 4. The highest BCUT2D eigenvalue weighted by Crippen LogP contribution is 2.40. The predicted molar refractivity (Wildman–Crippen MR) is 213 cm³/mol. The van der Waals surface area contributed by atoms with Gasteiger partial charge in [0.25, 0.3) is 0 Å². The fourth-order valence-electron chi connectivity index (χ4n) is 8.18. The molecule has 0 aliphatic rings. The largest absolute Gasteiger partial charge is 0.455 e.